The fourth-order valence-corrected chi connectivity index (χ4v) is 3.27. The van der Waals surface area contributed by atoms with Gasteiger partial charge in [0.05, 0.1) is 12.2 Å². The number of aromatic nitrogens is 1. The zero-order chi connectivity index (χ0) is 12.6. The van der Waals surface area contributed by atoms with E-state index < -0.39 is 0 Å². The Labute approximate surface area is 110 Å². The third-order valence-electron chi connectivity index (χ3n) is 2.78. The number of halogens is 1. The van der Waals surface area contributed by atoms with Gasteiger partial charge in [0.15, 0.2) is 0 Å². The lowest BCUT2D eigenvalue weighted by Gasteiger charge is -2.26. The quantitative estimate of drug-likeness (QED) is 0.917. The molecule has 0 radical (unpaired) electrons. The lowest BCUT2D eigenvalue weighted by atomic mass is 10.1. The van der Waals surface area contributed by atoms with Crippen LogP contribution in [0.25, 0.3) is 0 Å². The molecule has 4 nitrogen and oxygen atoms in total. The van der Waals surface area contributed by atoms with E-state index in [1.165, 1.54) is 11.3 Å². The standard InChI is InChI=1S/C11H16ClN3OS/c1-6(2)5-15-9(16)3-7(13)10(15)11-14-4-8(12)17-11/h4,6-7,10H,3,5,13H2,1-2H3. The summed E-state index contributed by atoms with van der Waals surface area (Å²) in [6.45, 7) is 4.89. The number of carbonyl (C=O) groups excluding carboxylic acids is 1. The van der Waals surface area contributed by atoms with Gasteiger partial charge in [0.25, 0.3) is 0 Å². The topological polar surface area (TPSA) is 59.2 Å². The molecule has 1 aliphatic rings. The third-order valence-corrected chi connectivity index (χ3v) is 3.97. The number of nitrogens with two attached hydrogens (primary N) is 1. The van der Waals surface area contributed by atoms with Gasteiger partial charge in [-0.1, -0.05) is 25.4 Å². The minimum Gasteiger partial charge on any atom is -0.331 e. The van der Waals surface area contributed by atoms with E-state index in [0.29, 0.717) is 23.2 Å². The van der Waals surface area contributed by atoms with E-state index in [9.17, 15) is 4.79 Å². The average Bonchev–Trinajstić information content (AvgIpc) is 2.72. The Morgan fingerprint density at radius 1 is 1.71 bits per heavy atom. The number of nitrogens with zero attached hydrogens (tertiary/aromatic N) is 2. The maximum Gasteiger partial charge on any atom is 0.224 e. The summed E-state index contributed by atoms with van der Waals surface area (Å²) in [4.78, 5) is 18.0. The number of carbonyl (C=O) groups is 1. The second-order valence-corrected chi connectivity index (χ2v) is 6.45. The summed E-state index contributed by atoms with van der Waals surface area (Å²) in [5.41, 5.74) is 6.04. The molecular formula is C11H16ClN3OS. The molecule has 1 aromatic rings. The van der Waals surface area contributed by atoms with E-state index in [0.717, 1.165) is 5.01 Å². The fourth-order valence-electron chi connectivity index (χ4n) is 2.15. The molecule has 1 fully saturated rings. The van der Waals surface area contributed by atoms with Gasteiger partial charge in [-0.3, -0.25) is 4.79 Å². The molecule has 2 heterocycles. The Morgan fingerprint density at radius 3 is 2.94 bits per heavy atom. The van der Waals surface area contributed by atoms with Crippen molar-refractivity contribution in [3.63, 3.8) is 0 Å². The van der Waals surface area contributed by atoms with Gasteiger partial charge in [-0.2, -0.15) is 0 Å². The first-order valence-corrected chi connectivity index (χ1v) is 6.84. The van der Waals surface area contributed by atoms with Crippen LogP contribution in [0.15, 0.2) is 6.20 Å². The predicted molar refractivity (Wildman–Crippen MR) is 69.0 cm³/mol. The summed E-state index contributed by atoms with van der Waals surface area (Å²) in [5, 5.41) is 0.842. The van der Waals surface area contributed by atoms with Crippen molar-refractivity contribution in [1.82, 2.24) is 9.88 Å². The van der Waals surface area contributed by atoms with Crippen LogP contribution >= 0.6 is 22.9 Å². The molecule has 2 atom stereocenters. The van der Waals surface area contributed by atoms with Crippen molar-refractivity contribution < 1.29 is 4.79 Å². The van der Waals surface area contributed by atoms with Crippen LogP contribution < -0.4 is 5.73 Å². The van der Waals surface area contributed by atoms with Crippen molar-refractivity contribution >= 4 is 28.8 Å². The maximum absolute atomic E-state index is 11.9. The van der Waals surface area contributed by atoms with Crippen LogP contribution in [0, 0.1) is 5.92 Å². The summed E-state index contributed by atoms with van der Waals surface area (Å²) < 4.78 is 0.635. The summed E-state index contributed by atoms with van der Waals surface area (Å²) in [7, 11) is 0. The molecule has 2 unspecified atom stereocenters. The van der Waals surface area contributed by atoms with Crippen LogP contribution in [-0.2, 0) is 4.79 Å². The van der Waals surface area contributed by atoms with Crippen molar-refractivity contribution in [2.75, 3.05) is 6.54 Å². The zero-order valence-electron chi connectivity index (χ0n) is 9.89. The molecule has 0 saturated carbocycles. The molecule has 94 valence electrons. The Hall–Kier alpha value is -0.650. The molecule has 17 heavy (non-hydrogen) atoms. The number of thiazole rings is 1. The first kappa shape index (κ1) is 12.8. The Balaban J connectivity index is 2.25. The van der Waals surface area contributed by atoms with Gasteiger partial charge in [0, 0.05) is 19.0 Å². The largest absolute Gasteiger partial charge is 0.331 e. The number of rotatable bonds is 3. The van der Waals surface area contributed by atoms with Gasteiger partial charge in [0.2, 0.25) is 5.91 Å². The zero-order valence-corrected chi connectivity index (χ0v) is 11.5. The van der Waals surface area contributed by atoms with E-state index >= 15 is 0 Å². The fraction of sp³-hybridized carbons (Fsp3) is 0.636. The van der Waals surface area contributed by atoms with E-state index in [-0.39, 0.29) is 18.0 Å². The molecule has 0 bridgehead atoms. The van der Waals surface area contributed by atoms with E-state index in [1.54, 1.807) is 6.20 Å². The molecule has 1 saturated heterocycles. The molecule has 2 rings (SSSR count). The highest BCUT2D eigenvalue weighted by atomic mass is 35.5. The molecule has 1 amide bonds. The first-order chi connectivity index (χ1) is 7.99. The molecule has 2 N–H and O–H groups in total. The van der Waals surface area contributed by atoms with Crippen molar-refractivity contribution in [3.05, 3.63) is 15.5 Å². The highest BCUT2D eigenvalue weighted by Crippen LogP contribution is 2.35. The Kier molecular flexibility index (Phi) is 3.70. The second kappa shape index (κ2) is 4.92. The SMILES string of the molecule is CC(C)CN1C(=O)CC(N)C1c1ncc(Cl)s1. The minimum absolute atomic E-state index is 0.109. The summed E-state index contributed by atoms with van der Waals surface area (Å²) in [6.07, 6.45) is 2.01. The molecular weight excluding hydrogens is 258 g/mol. The van der Waals surface area contributed by atoms with E-state index in [4.69, 9.17) is 17.3 Å². The molecule has 0 aromatic carbocycles. The Bertz CT molecular complexity index is 421. The minimum atomic E-state index is -0.177. The van der Waals surface area contributed by atoms with Crippen molar-refractivity contribution in [3.8, 4) is 0 Å². The smallest absolute Gasteiger partial charge is 0.224 e. The van der Waals surface area contributed by atoms with Crippen LogP contribution in [0.1, 0.15) is 31.3 Å². The highest BCUT2D eigenvalue weighted by molar-refractivity contribution is 7.15. The molecule has 1 aromatic heterocycles. The lowest BCUT2D eigenvalue weighted by Crippen LogP contribution is -2.35. The maximum atomic E-state index is 11.9. The van der Waals surface area contributed by atoms with Gasteiger partial charge in [-0.15, -0.1) is 11.3 Å². The third kappa shape index (κ3) is 2.61. The number of amides is 1. The number of hydrogen-bond donors (Lipinski definition) is 1. The average molecular weight is 274 g/mol. The molecule has 6 heteroatoms. The van der Waals surface area contributed by atoms with Crippen LogP contribution in [0.4, 0.5) is 0 Å². The van der Waals surface area contributed by atoms with Crippen molar-refractivity contribution in [1.29, 1.82) is 0 Å². The summed E-state index contributed by atoms with van der Waals surface area (Å²) in [6, 6.07) is -0.286. The van der Waals surface area contributed by atoms with E-state index in [1.807, 2.05) is 4.90 Å². The van der Waals surface area contributed by atoms with Crippen LogP contribution in [-0.4, -0.2) is 28.4 Å². The second-order valence-electron chi connectivity index (χ2n) is 4.76. The van der Waals surface area contributed by atoms with Gasteiger partial charge in [-0.05, 0) is 5.92 Å². The molecule has 0 aliphatic carbocycles. The monoisotopic (exact) mass is 273 g/mol. The van der Waals surface area contributed by atoms with Crippen LogP contribution in [0.2, 0.25) is 4.34 Å². The predicted octanol–water partition coefficient (Wildman–Crippen LogP) is 2.05. The molecule has 0 spiro atoms. The Morgan fingerprint density at radius 2 is 2.41 bits per heavy atom. The van der Waals surface area contributed by atoms with Crippen molar-refractivity contribution in [2.24, 2.45) is 11.7 Å². The normalized spacial score (nSPS) is 25.0. The summed E-state index contributed by atoms with van der Waals surface area (Å²) in [5.74, 6) is 0.532. The molecule has 1 aliphatic heterocycles. The number of likely N-dealkylation sites (tertiary alicyclic amines) is 1. The van der Waals surface area contributed by atoms with E-state index in [2.05, 4.69) is 18.8 Å². The number of hydrogen-bond acceptors (Lipinski definition) is 4. The van der Waals surface area contributed by atoms with Gasteiger partial charge >= 0.3 is 0 Å². The van der Waals surface area contributed by atoms with Crippen LogP contribution in [0.5, 0.6) is 0 Å². The van der Waals surface area contributed by atoms with Gasteiger partial charge < -0.3 is 10.6 Å². The summed E-state index contributed by atoms with van der Waals surface area (Å²) >= 11 is 7.29. The van der Waals surface area contributed by atoms with Gasteiger partial charge in [0.1, 0.15) is 9.34 Å². The highest BCUT2D eigenvalue weighted by Gasteiger charge is 2.40. The van der Waals surface area contributed by atoms with Gasteiger partial charge in [-0.25, -0.2) is 4.98 Å². The lowest BCUT2D eigenvalue weighted by molar-refractivity contribution is -0.129. The van der Waals surface area contributed by atoms with Crippen molar-refractivity contribution in [2.45, 2.75) is 32.4 Å². The van der Waals surface area contributed by atoms with Crippen LogP contribution in [0.3, 0.4) is 0 Å². The first-order valence-electron chi connectivity index (χ1n) is 5.65.